The summed E-state index contributed by atoms with van der Waals surface area (Å²) in [5.41, 5.74) is 0.976. The number of nitrogens with one attached hydrogen (secondary N) is 1. The fraction of sp³-hybridized carbons (Fsp3) is 0.316. The lowest BCUT2D eigenvalue weighted by atomic mass is 10.1. The van der Waals surface area contributed by atoms with Gasteiger partial charge in [0.1, 0.15) is 11.5 Å². The lowest BCUT2D eigenvalue weighted by Crippen LogP contribution is -2.27. The standard InChI is InChI=1S/C19H23NO3/c1-15(17-11-6-7-12-18(17)22-2)20-19(21)13-8-14-23-16-9-4-3-5-10-16/h3-7,9-12,15H,8,13-14H2,1-2H3,(H,20,21)/t15-/m1/s1. The Morgan fingerprint density at radius 1 is 1.09 bits per heavy atom. The van der Waals surface area contributed by atoms with Crippen LogP contribution in [-0.4, -0.2) is 19.6 Å². The van der Waals surface area contributed by atoms with Gasteiger partial charge >= 0.3 is 0 Å². The van der Waals surface area contributed by atoms with Crippen LogP contribution in [0.5, 0.6) is 11.5 Å². The Hall–Kier alpha value is -2.49. The van der Waals surface area contributed by atoms with Crippen molar-refractivity contribution in [3.05, 3.63) is 60.2 Å². The molecule has 122 valence electrons. The topological polar surface area (TPSA) is 47.6 Å². The fourth-order valence-corrected chi connectivity index (χ4v) is 2.36. The molecule has 2 aromatic carbocycles. The third kappa shape index (κ3) is 5.33. The minimum atomic E-state index is -0.0892. The van der Waals surface area contributed by atoms with Crippen molar-refractivity contribution in [2.45, 2.75) is 25.8 Å². The molecule has 0 bridgehead atoms. The molecule has 0 aliphatic rings. The number of ether oxygens (including phenoxy) is 2. The minimum absolute atomic E-state index is 0.0140. The molecular formula is C19H23NO3. The van der Waals surface area contributed by atoms with Crippen LogP contribution in [0, 0.1) is 0 Å². The second-order valence-corrected chi connectivity index (χ2v) is 5.30. The number of para-hydroxylation sites is 2. The first-order chi connectivity index (χ1) is 11.2. The summed E-state index contributed by atoms with van der Waals surface area (Å²) in [6, 6.07) is 17.2. The average molecular weight is 313 g/mol. The summed E-state index contributed by atoms with van der Waals surface area (Å²) < 4.78 is 10.9. The Labute approximate surface area is 137 Å². The zero-order chi connectivity index (χ0) is 16.5. The average Bonchev–Trinajstić information content (AvgIpc) is 2.59. The summed E-state index contributed by atoms with van der Waals surface area (Å²) >= 11 is 0. The van der Waals surface area contributed by atoms with Gasteiger partial charge in [-0.05, 0) is 31.5 Å². The zero-order valence-corrected chi connectivity index (χ0v) is 13.6. The van der Waals surface area contributed by atoms with Crippen molar-refractivity contribution >= 4 is 5.91 Å². The smallest absolute Gasteiger partial charge is 0.220 e. The number of hydrogen-bond acceptors (Lipinski definition) is 3. The molecule has 4 heteroatoms. The molecule has 0 spiro atoms. The summed E-state index contributed by atoms with van der Waals surface area (Å²) in [6.07, 6.45) is 1.12. The molecule has 0 aliphatic carbocycles. The molecule has 1 amide bonds. The Kier molecular flexibility index (Phi) is 6.48. The van der Waals surface area contributed by atoms with Crippen molar-refractivity contribution in [1.29, 1.82) is 0 Å². The summed E-state index contributed by atoms with van der Waals surface area (Å²) in [4.78, 5) is 12.0. The first-order valence-electron chi connectivity index (χ1n) is 7.81. The number of amides is 1. The van der Waals surface area contributed by atoms with Gasteiger partial charge in [0.25, 0.3) is 0 Å². The molecule has 2 rings (SSSR count). The monoisotopic (exact) mass is 313 g/mol. The fourth-order valence-electron chi connectivity index (χ4n) is 2.36. The summed E-state index contributed by atoms with van der Waals surface area (Å²) in [5.74, 6) is 1.63. The van der Waals surface area contributed by atoms with E-state index >= 15 is 0 Å². The number of methoxy groups -OCH3 is 1. The van der Waals surface area contributed by atoms with Crippen molar-refractivity contribution in [3.8, 4) is 11.5 Å². The zero-order valence-electron chi connectivity index (χ0n) is 13.6. The Balaban J connectivity index is 1.74. The Bertz CT molecular complexity index is 613. The van der Waals surface area contributed by atoms with E-state index in [0.29, 0.717) is 19.4 Å². The lowest BCUT2D eigenvalue weighted by molar-refractivity contribution is -0.121. The molecule has 0 unspecified atom stereocenters. The van der Waals surface area contributed by atoms with Gasteiger partial charge in [0, 0.05) is 12.0 Å². The highest BCUT2D eigenvalue weighted by Crippen LogP contribution is 2.24. The molecule has 23 heavy (non-hydrogen) atoms. The molecule has 0 heterocycles. The van der Waals surface area contributed by atoms with Crippen molar-refractivity contribution < 1.29 is 14.3 Å². The SMILES string of the molecule is COc1ccccc1[C@@H](C)NC(=O)CCCOc1ccccc1. The molecule has 0 radical (unpaired) electrons. The van der Waals surface area contributed by atoms with E-state index in [9.17, 15) is 4.79 Å². The van der Waals surface area contributed by atoms with Gasteiger partial charge in [-0.2, -0.15) is 0 Å². The third-order valence-electron chi connectivity index (χ3n) is 3.54. The summed E-state index contributed by atoms with van der Waals surface area (Å²) in [5, 5.41) is 3.00. The van der Waals surface area contributed by atoms with Gasteiger partial charge < -0.3 is 14.8 Å². The highest BCUT2D eigenvalue weighted by Gasteiger charge is 2.13. The second kappa shape index (κ2) is 8.83. The van der Waals surface area contributed by atoms with Gasteiger partial charge in [-0.25, -0.2) is 0 Å². The van der Waals surface area contributed by atoms with E-state index in [2.05, 4.69) is 5.32 Å². The lowest BCUT2D eigenvalue weighted by Gasteiger charge is -2.17. The van der Waals surface area contributed by atoms with Gasteiger partial charge in [0.05, 0.1) is 19.8 Å². The van der Waals surface area contributed by atoms with E-state index < -0.39 is 0 Å². The molecule has 0 fully saturated rings. The van der Waals surface area contributed by atoms with E-state index in [0.717, 1.165) is 17.1 Å². The first kappa shape index (κ1) is 16.9. The predicted octanol–water partition coefficient (Wildman–Crippen LogP) is 3.73. The van der Waals surface area contributed by atoms with Crippen LogP contribution in [0.2, 0.25) is 0 Å². The molecule has 2 aromatic rings. The van der Waals surface area contributed by atoms with Crippen molar-refractivity contribution in [2.75, 3.05) is 13.7 Å². The third-order valence-corrected chi connectivity index (χ3v) is 3.54. The summed E-state index contributed by atoms with van der Waals surface area (Å²) in [6.45, 7) is 2.48. The number of benzene rings is 2. The highest BCUT2D eigenvalue weighted by atomic mass is 16.5. The maximum Gasteiger partial charge on any atom is 0.220 e. The number of rotatable bonds is 8. The molecule has 4 nitrogen and oxygen atoms in total. The highest BCUT2D eigenvalue weighted by molar-refractivity contribution is 5.76. The van der Waals surface area contributed by atoms with Crippen LogP contribution in [-0.2, 0) is 4.79 Å². The number of carbonyl (C=O) groups excluding carboxylic acids is 1. The quantitative estimate of drug-likeness (QED) is 0.755. The van der Waals surface area contributed by atoms with Crippen LogP contribution in [0.4, 0.5) is 0 Å². The minimum Gasteiger partial charge on any atom is -0.496 e. The van der Waals surface area contributed by atoms with Crippen LogP contribution in [0.15, 0.2) is 54.6 Å². The van der Waals surface area contributed by atoms with Crippen LogP contribution < -0.4 is 14.8 Å². The molecule has 0 saturated carbocycles. The van der Waals surface area contributed by atoms with Crippen molar-refractivity contribution in [2.24, 2.45) is 0 Å². The second-order valence-electron chi connectivity index (χ2n) is 5.30. The Morgan fingerprint density at radius 2 is 1.78 bits per heavy atom. The van der Waals surface area contributed by atoms with Gasteiger partial charge in [-0.3, -0.25) is 4.79 Å². The largest absolute Gasteiger partial charge is 0.496 e. The first-order valence-corrected chi connectivity index (χ1v) is 7.81. The van der Waals surface area contributed by atoms with E-state index in [1.807, 2.05) is 61.5 Å². The van der Waals surface area contributed by atoms with Crippen LogP contribution in [0.1, 0.15) is 31.4 Å². The molecule has 1 N–H and O–H groups in total. The van der Waals surface area contributed by atoms with Crippen LogP contribution >= 0.6 is 0 Å². The molecule has 0 saturated heterocycles. The van der Waals surface area contributed by atoms with E-state index in [1.165, 1.54) is 0 Å². The van der Waals surface area contributed by atoms with Gasteiger partial charge in [0.15, 0.2) is 0 Å². The van der Waals surface area contributed by atoms with Gasteiger partial charge in [0.2, 0.25) is 5.91 Å². The van der Waals surface area contributed by atoms with Crippen molar-refractivity contribution in [3.63, 3.8) is 0 Å². The van der Waals surface area contributed by atoms with Crippen LogP contribution in [0.3, 0.4) is 0 Å². The summed E-state index contributed by atoms with van der Waals surface area (Å²) in [7, 11) is 1.63. The van der Waals surface area contributed by atoms with Crippen LogP contribution in [0.25, 0.3) is 0 Å². The number of carbonyl (C=O) groups is 1. The maximum atomic E-state index is 12.0. The molecule has 1 atom stereocenters. The van der Waals surface area contributed by atoms with E-state index in [-0.39, 0.29) is 11.9 Å². The van der Waals surface area contributed by atoms with E-state index in [4.69, 9.17) is 9.47 Å². The number of hydrogen-bond donors (Lipinski definition) is 1. The van der Waals surface area contributed by atoms with Gasteiger partial charge in [-0.15, -0.1) is 0 Å². The van der Waals surface area contributed by atoms with E-state index in [1.54, 1.807) is 7.11 Å². The molecule has 0 aliphatic heterocycles. The molecular weight excluding hydrogens is 290 g/mol. The van der Waals surface area contributed by atoms with Crippen molar-refractivity contribution in [1.82, 2.24) is 5.32 Å². The normalized spacial score (nSPS) is 11.6. The maximum absolute atomic E-state index is 12.0. The van der Waals surface area contributed by atoms with Gasteiger partial charge in [-0.1, -0.05) is 36.4 Å². The predicted molar refractivity (Wildman–Crippen MR) is 90.7 cm³/mol. The Morgan fingerprint density at radius 3 is 2.52 bits per heavy atom. The molecule has 0 aromatic heterocycles.